The molecule has 1 aliphatic rings. The summed E-state index contributed by atoms with van der Waals surface area (Å²) in [6.07, 6.45) is 6.34. The van der Waals surface area contributed by atoms with E-state index in [0.29, 0.717) is 6.04 Å². The number of aromatic nitrogens is 1. The molecule has 0 amide bonds. The molecule has 0 bridgehead atoms. The normalized spacial score (nSPS) is 20.8. The number of likely N-dealkylation sites (tertiary alicyclic amines) is 1. The number of hydrogen-bond donors (Lipinski definition) is 1. The molecule has 3 nitrogen and oxygen atoms in total. The predicted molar refractivity (Wildman–Crippen MR) is 82.7 cm³/mol. The molecule has 0 spiro atoms. The zero-order valence-corrected chi connectivity index (χ0v) is 13.1. The lowest BCUT2D eigenvalue weighted by molar-refractivity contribution is 0.136. The molecule has 0 aromatic carbocycles. The molecule has 1 aromatic rings. The fraction of sp³-hybridized carbons (Fsp3) is 0.800. The monoisotopic (exact) mass is 281 g/mol. The first kappa shape index (κ1) is 14.9. The van der Waals surface area contributed by atoms with Crippen LogP contribution in [-0.2, 0) is 13.0 Å². The Morgan fingerprint density at radius 2 is 2.32 bits per heavy atom. The summed E-state index contributed by atoms with van der Waals surface area (Å²) in [6, 6.07) is 0.701. The van der Waals surface area contributed by atoms with Crippen molar-refractivity contribution in [2.45, 2.75) is 58.5 Å². The number of thiazole rings is 1. The van der Waals surface area contributed by atoms with Gasteiger partial charge in [-0.05, 0) is 38.8 Å². The second-order valence-electron chi connectivity index (χ2n) is 5.41. The van der Waals surface area contributed by atoms with Crippen molar-refractivity contribution in [3.8, 4) is 0 Å². The number of hydrogen-bond acceptors (Lipinski definition) is 4. The third kappa shape index (κ3) is 4.55. The highest BCUT2D eigenvalue weighted by atomic mass is 32.1. The van der Waals surface area contributed by atoms with E-state index in [4.69, 9.17) is 4.98 Å². The fourth-order valence-corrected chi connectivity index (χ4v) is 3.47. The molecular formula is C15H27N3S. The van der Waals surface area contributed by atoms with Crippen molar-refractivity contribution in [2.24, 2.45) is 0 Å². The molecule has 2 rings (SSSR count). The van der Waals surface area contributed by atoms with Crippen molar-refractivity contribution in [3.05, 3.63) is 16.1 Å². The summed E-state index contributed by atoms with van der Waals surface area (Å²) in [4.78, 5) is 7.34. The van der Waals surface area contributed by atoms with Gasteiger partial charge in [0.1, 0.15) is 0 Å². The van der Waals surface area contributed by atoms with Crippen LogP contribution in [0.4, 0.5) is 0 Å². The maximum absolute atomic E-state index is 4.71. The highest BCUT2D eigenvalue weighted by molar-refractivity contribution is 7.09. The Hall–Kier alpha value is -0.450. The van der Waals surface area contributed by atoms with Crippen molar-refractivity contribution in [1.29, 1.82) is 0 Å². The second-order valence-corrected chi connectivity index (χ2v) is 6.35. The van der Waals surface area contributed by atoms with Gasteiger partial charge < -0.3 is 5.32 Å². The Labute approximate surface area is 121 Å². The van der Waals surface area contributed by atoms with Gasteiger partial charge in [0.05, 0.1) is 10.7 Å². The first-order chi connectivity index (χ1) is 9.33. The minimum absolute atomic E-state index is 0.701. The average molecular weight is 281 g/mol. The number of aryl methyl sites for hydroxylation is 1. The molecule has 1 fully saturated rings. The van der Waals surface area contributed by atoms with Crippen LogP contribution in [0.5, 0.6) is 0 Å². The van der Waals surface area contributed by atoms with Crippen molar-refractivity contribution in [1.82, 2.24) is 15.2 Å². The van der Waals surface area contributed by atoms with Crippen LogP contribution in [0.15, 0.2) is 5.38 Å². The summed E-state index contributed by atoms with van der Waals surface area (Å²) in [5, 5.41) is 7.09. The lowest BCUT2D eigenvalue weighted by Crippen LogP contribution is -2.45. The number of nitrogens with one attached hydrogen (secondary N) is 1. The van der Waals surface area contributed by atoms with Crippen LogP contribution < -0.4 is 5.32 Å². The molecular weight excluding hydrogens is 254 g/mol. The molecule has 2 heterocycles. The molecule has 1 saturated heterocycles. The molecule has 4 heteroatoms. The Morgan fingerprint density at radius 1 is 1.42 bits per heavy atom. The van der Waals surface area contributed by atoms with E-state index in [1.54, 1.807) is 0 Å². The van der Waals surface area contributed by atoms with Crippen LogP contribution in [-0.4, -0.2) is 35.6 Å². The molecule has 108 valence electrons. The molecule has 1 atom stereocenters. The van der Waals surface area contributed by atoms with Gasteiger partial charge >= 0.3 is 0 Å². The highest BCUT2D eigenvalue weighted by Crippen LogP contribution is 2.20. The summed E-state index contributed by atoms with van der Waals surface area (Å²) in [5.74, 6) is 0. The fourth-order valence-electron chi connectivity index (χ4n) is 2.74. The van der Waals surface area contributed by atoms with Gasteiger partial charge in [-0.25, -0.2) is 4.98 Å². The Kier molecular flexibility index (Phi) is 6.28. The topological polar surface area (TPSA) is 28.2 Å². The van der Waals surface area contributed by atoms with E-state index in [1.165, 1.54) is 42.9 Å². The molecule has 0 radical (unpaired) electrons. The van der Waals surface area contributed by atoms with E-state index < -0.39 is 0 Å². The highest BCUT2D eigenvalue weighted by Gasteiger charge is 2.22. The maximum Gasteiger partial charge on any atom is 0.0926 e. The number of piperidine rings is 1. The van der Waals surface area contributed by atoms with E-state index in [1.807, 2.05) is 11.3 Å². The van der Waals surface area contributed by atoms with Crippen molar-refractivity contribution >= 4 is 11.3 Å². The first-order valence-corrected chi connectivity index (χ1v) is 8.59. The van der Waals surface area contributed by atoms with Crippen LogP contribution in [0.3, 0.4) is 0 Å². The molecule has 0 saturated carbocycles. The standard InChI is InChI=1S/C15H27N3S/c1-3-8-16-10-14-7-5-6-9-18(14)11-13-12-19-15(4-2)17-13/h12,14,16H,3-11H2,1-2H3. The molecule has 1 N–H and O–H groups in total. The molecule has 1 aliphatic heterocycles. The third-order valence-electron chi connectivity index (χ3n) is 3.82. The molecule has 1 unspecified atom stereocenters. The van der Waals surface area contributed by atoms with E-state index in [-0.39, 0.29) is 0 Å². The van der Waals surface area contributed by atoms with E-state index in [2.05, 4.69) is 29.4 Å². The van der Waals surface area contributed by atoms with E-state index in [9.17, 15) is 0 Å². The van der Waals surface area contributed by atoms with Crippen molar-refractivity contribution in [3.63, 3.8) is 0 Å². The van der Waals surface area contributed by atoms with E-state index in [0.717, 1.165) is 26.1 Å². The van der Waals surface area contributed by atoms with Gasteiger partial charge in [-0.3, -0.25) is 4.90 Å². The molecule has 19 heavy (non-hydrogen) atoms. The lowest BCUT2D eigenvalue weighted by atomic mass is 10.0. The van der Waals surface area contributed by atoms with Crippen molar-refractivity contribution in [2.75, 3.05) is 19.6 Å². The predicted octanol–water partition coefficient (Wildman–Crippen LogP) is 3.06. The van der Waals surface area contributed by atoms with Crippen LogP contribution >= 0.6 is 11.3 Å². The Morgan fingerprint density at radius 3 is 3.05 bits per heavy atom. The zero-order valence-electron chi connectivity index (χ0n) is 12.3. The van der Waals surface area contributed by atoms with Crippen LogP contribution in [0.2, 0.25) is 0 Å². The maximum atomic E-state index is 4.71. The van der Waals surface area contributed by atoms with Crippen LogP contribution in [0.25, 0.3) is 0 Å². The van der Waals surface area contributed by atoms with Gasteiger partial charge in [-0.15, -0.1) is 11.3 Å². The van der Waals surface area contributed by atoms with Crippen LogP contribution in [0, 0.1) is 0 Å². The first-order valence-electron chi connectivity index (χ1n) is 7.71. The molecule has 1 aromatic heterocycles. The summed E-state index contributed by atoms with van der Waals surface area (Å²) >= 11 is 1.81. The second kappa shape index (κ2) is 7.98. The average Bonchev–Trinajstić information content (AvgIpc) is 2.89. The van der Waals surface area contributed by atoms with Gasteiger partial charge in [0.25, 0.3) is 0 Å². The summed E-state index contributed by atoms with van der Waals surface area (Å²) < 4.78 is 0. The van der Waals surface area contributed by atoms with Gasteiger partial charge in [-0.1, -0.05) is 20.3 Å². The zero-order chi connectivity index (χ0) is 13.5. The largest absolute Gasteiger partial charge is 0.315 e. The number of nitrogens with zero attached hydrogens (tertiary/aromatic N) is 2. The van der Waals surface area contributed by atoms with Crippen molar-refractivity contribution < 1.29 is 0 Å². The summed E-state index contributed by atoms with van der Waals surface area (Å²) in [7, 11) is 0. The minimum atomic E-state index is 0.701. The lowest BCUT2D eigenvalue weighted by Gasteiger charge is -2.35. The SMILES string of the molecule is CCCNCC1CCCCN1Cc1csc(CC)n1. The van der Waals surface area contributed by atoms with Gasteiger partial charge in [0.2, 0.25) is 0 Å². The Balaban J connectivity index is 1.87. The smallest absolute Gasteiger partial charge is 0.0926 e. The van der Waals surface area contributed by atoms with Crippen LogP contribution in [0.1, 0.15) is 50.2 Å². The number of rotatable bonds is 7. The Bertz CT molecular complexity index is 364. The summed E-state index contributed by atoms with van der Waals surface area (Å²) in [6.45, 7) is 8.96. The van der Waals surface area contributed by atoms with Gasteiger partial charge in [-0.2, -0.15) is 0 Å². The summed E-state index contributed by atoms with van der Waals surface area (Å²) in [5.41, 5.74) is 1.27. The quantitative estimate of drug-likeness (QED) is 0.779. The van der Waals surface area contributed by atoms with Gasteiger partial charge in [0, 0.05) is 24.5 Å². The minimum Gasteiger partial charge on any atom is -0.315 e. The third-order valence-corrected chi connectivity index (χ3v) is 4.86. The van der Waals surface area contributed by atoms with E-state index >= 15 is 0 Å². The molecule has 0 aliphatic carbocycles. The van der Waals surface area contributed by atoms with Gasteiger partial charge in [0.15, 0.2) is 0 Å².